The number of benzene rings is 1. The first-order chi connectivity index (χ1) is 15.2. The molecule has 1 unspecified atom stereocenters. The van der Waals surface area contributed by atoms with Crippen molar-refractivity contribution in [3.63, 3.8) is 0 Å². The molecule has 8 nitrogen and oxygen atoms in total. The highest BCUT2D eigenvalue weighted by molar-refractivity contribution is 6.29. The molecule has 1 aliphatic heterocycles. The Morgan fingerprint density at radius 2 is 1.97 bits per heavy atom. The molecule has 3 aromatic heterocycles. The van der Waals surface area contributed by atoms with Gasteiger partial charge in [-0.2, -0.15) is 18.2 Å². The fourth-order valence-corrected chi connectivity index (χ4v) is 3.62. The maximum atomic E-state index is 12.9. The van der Waals surface area contributed by atoms with Gasteiger partial charge < -0.3 is 19.8 Å². The number of carbonyl (C=O) groups is 1. The minimum atomic E-state index is -4.78. The molecule has 2 N–H and O–H groups in total. The van der Waals surface area contributed by atoms with E-state index in [1.807, 2.05) is 6.92 Å². The number of amides is 1. The standard InChI is InChI=1S/C20H13ClF3N5O3/c1-8-7-25-16-15-9-2-5-13(32-14-6-12(21)28-19(29-14)20(22,23)24)27-10(9)3-4-11(15)31-17(16)18(30)26-8/h2-6,8,25H,7H2,1H3,(H,26,30). The van der Waals surface area contributed by atoms with Crippen molar-refractivity contribution in [1.82, 2.24) is 20.3 Å². The van der Waals surface area contributed by atoms with Gasteiger partial charge in [0.15, 0.2) is 0 Å². The number of rotatable bonds is 2. The van der Waals surface area contributed by atoms with Crippen LogP contribution in [0.1, 0.15) is 23.3 Å². The molecule has 1 atom stereocenters. The molecule has 0 saturated carbocycles. The molecule has 1 amide bonds. The van der Waals surface area contributed by atoms with Crippen molar-refractivity contribution in [1.29, 1.82) is 0 Å². The van der Waals surface area contributed by atoms with Gasteiger partial charge in [0.25, 0.3) is 5.91 Å². The van der Waals surface area contributed by atoms with Gasteiger partial charge in [-0.25, -0.2) is 9.97 Å². The Hall–Kier alpha value is -3.60. The molecule has 4 heterocycles. The third-order valence-corrected chi connectivity index (χ3v) is 4.99. The number of furan rings is 1. The molecule has 1 aliphatic rings. The highest BCUT2D eigenvalue weighted by Crippen LogP contribution is 2.38. The summed E-state index contributed by atoms with van der Waals surface area (Å²) in [6.45, 7) is 2.38. The van der Waals surface area contributed by atoms with Crippen LogP contribution in [0.25, 0.3) is 21.9 Å². The van der Waals surface area contributed by atoms with Crippen molar-refractivity contribution in [2.24, 2.45) is 0 Å². The molecule has 0 fully saturated rings. The second kappa shape index (κ2) is 7.23. The van der Waals surface area contributed by atoms with Crippen molar-refractivity contribution >= 4 is 45.1 Å². The number of hydrogen-bond acceptors (Lipinski definition) is 7. The van der Waals surface area contributed by atoms with Crippen LogP contribution in [-0.2, 0) is 6.18 Å². The normalized spacial score (nSPS) is 16.4. The van der Waals surface area contributed by atoms with Crippen LogP contribution >= 0.6 is 11.6 Å². The Kier molecular flexibility index (Phi) is 4.59. The summed E-state index contributed by atoms with van der Waals surface area (Å²) in [7, 11) is 0. The van der Waals surface area contributed by atoms with E-state index in [1.165, 1.54) is 6.07 Å². The highest BCUT2D eigenvalue weighted by atomic mass is 35.5. The first kappa shape index (κ1) is 20.3. The molecule has 32 heavy (non-hydrogen) atoms. The zero-order valence-electron chi connectivity index (χ0n) is 16.2. The Bertz CT molecular complexity index is 1390. The Labute approximate surface area is 182 Å². The van der Waals surface area contributed by atoms with Gasteiger partial charge in [0, 0.05) is 30.1 Å². The van der Waals surface area contributed by atoms with E-state index in [4.69, 9.17) is 20.8 Å². The molecule has 0 saturated heterocycles. The van der Waals surface area contributed by atoms with Crippen LogP contribution in [-0.4, -0.2) is 33.4 Å². The van der Waals surface area contributed by atoms with Crippen LogP contribution in [0.3, 0.4) is 0 Å². The van der Waals surface area contributed by atoms with Crippen LogP contribution in [0.4, 0.5) is 18.9 Å². The van der Waals surface area contributed by atoms with E-state index < -0.39 is 23.0 Å². The molecule has 0 spiro atoms. The van der Waals surface area contributed by atoms with Crippen molar-refractivity contribution in [2.45, 2.75) is 19.1 Å². The van der Waals surface area contributed by atoms with Gasteiger partial charge in [0.2, 0.25) is 23.3 Å². The van der Waals surface area contributed by atoms with E-state index >= 15 is 0 Å². The lowest BCUT2D eigenvalue weighted by molar-refractivity contribution is -0.145. The summed E-state index contributed by atoms with van der Waals surface area (Å²) in [6, 6.07) is 7.44. The lowest BCUT2D eigenvalue weighted by Gasteiger charge is -2.10. The summed E-state index contributed by atoms with van der Waals surface area (Å²) in [6.07, 6.45) is -4.78. The Balaban J connectivity index is 1.57. The monoisotopic (exact) mass is 463 g/mol. The van der Waals surface area contributed by atoms with E-state index in [0.717, 1.165) is 6.07 Å². The molecule has 0 bridgehead atoms. The van der Waals surface area contributed by atoms with Crippen LogP contribution in [0.5, 0.6) is 11.8 Å². The van der Waals surface area contributed by atoms with Gasteiger partial charge in [0.1, 0.15) is 10.7 Å². The number of aromatic nitrogens is 3. The minimum absolute atomic E-state index is 0.00801. The SMILES string of the molecule is CC1CNc2c(oc3ccc4nc(Oc5cc(Cl)nc(C(F)(F)F)n5)ccc4c23)C(=O)N1. The Morgan fingerprint density at radius 3 is 2.75 bits per heavy atom. The number of fused-ring (bicyclic) bond motifs is 5. The fourth-order valence-electron chi connectivity index (χ4n) is 3.45. The molecule has 12 heteroatoms. The molecule has 1 aromatic carbocycles. The lowest BCUT2D eigenvalue weighted by atomic mass is 10.1. The molecule has 0 radical (unpaired) electrons. The number of alkyl halides is 3. The molecule has 5 rings (SSSR count). The summed E-state index contributed by atoms with van der Waals surface area (Å²) in [4.78, 5) is 23.3. The zero-order chi connectivity index (χ0) is 22.6. The van der Waals surface area contributed by atoms with Crippen molar-refractivity contribution < 1.29 is 27.1 Å². The predicted octanol–water partition coefficient (Wildman–Crippen LogP) is 4.78. The number of carbonyl (C=O) groups excluding carboxylic acids is 1. The molecule has 164 valence electrons. The smallest absolute Gasteiger partial charge is 0.449 e. The Morgan fingerprint density at radius 1 is 1.16 bits per heavy atom. The first-order valence-electron chi connectivity index (χ1n) is 9.39. The molecular formula is C20H13ClF3N5O3. The summed E-state index contributed by atoms with van der Waals surface area (Å²) in [5.41, 5.74) is 1.53. The maximum absolute atomic E-state index is 12.9. The van der Waals surface area contributed by atoms with Gasteiger partial charge >= 0.3 is 6.18 Å². The summed E-state index contributed by atoms with van der Waals surface area (Å²) in [5, 5.41) is 6.99. The second-order valence-electron chi connectivity index (χ2n) is 7.17. The van der Waals surface area contributed by atoms with Crippen molar-refractivity contribution in [3.8, 4) is 11.8 Å². The van der Waals surface area contributed by atoms with Gasteiger partial charge in [-0.1, -0.05) is 11.6 Å². The third kappa shape index (κ3) is 3.54. The van der Waals surface area contributed by atoms with E-state index in [1.54, 1.807) is 18.2 Å². The zero-order valence-corrected chi connectivity index (χ0v) is 17.0. The molecule has 0 aliphatic carbocycles. The molecular weight excluding hydrogens is 451 g/mol. The largest absolute Gasteiger partial charge is 0.451 e. The minimum Gasteiger partial charge on any atom is -0.449 e. The van der Waals surface area contributed by atoms with E-state index in [-0.39, 0.29) is 23.6 Å². The van der Waals surface area contributed by atoms with Crippen LogP contribution in [0.2, 0.25) is 5.15 Å². The van der Waals surface area contributed by atoms with Crippen molar-refractivity contribution in [2.75, 3.05) is 11.9 Å². The third-order valence-electron chi connectivity index (χ3n) is 4.80. The summed E-state index contributed by atoms with van der Waals surface area (Å²) < 4.78 is 50.0. The van der Waals surface area contributed by atoms with Crippen LogP contribution in [0.15, 0.2) is 34.7 Å². The van der Waals surface area contributed by atoms with Gasteiger partial charge in [-0.3, -0.25) is 4.79 Å². The summed E-state index contributed by atoms with van der Waals surface area (Å²) >= 11 is 5.67. The van der Waals surface area contributed by atoms with Gasteiger partial charge in [-0.05, 0) is 25.1 Å². The van der Waals surface area contributed by atoms with E-state index in [2.05, 4.69) is 25.6 Å². The number of nitrogens with zero attached hydrogens (tertiary/aromatic N) is 3. The lowest BCUT2D eigenvalue weighted by Crippen LogP contribution is -2.34. The first-order valence-corrected chi connectivity index (χ1v) is 9.77. The number of ether oxygens (including phenoxy) is 1. The number of nitrogens with one attached hydrogen (secondary N) is 2. The van der Waals surface area contributed by atoms with Crippen molar-refractivity contribution in [3.05, 3.63) is 47.1 Å². The highest BCUT2D eigenvalue weighted by Gasteiger charge is 2.35. The van der Waals surface area contributed by atoms with Gasteiger partial charge in [-0.15, -0.1) is 0 Å². The van der Waals surface area contributed by atoms with Crippen LogP contribution in [0, 0.1) is 0 Å². The maximum Gasteiger partial charge on any atom is 0.451 e. The fraction of sp³-hybridized carbons (Fsp3) is 0.200. The quantitative estimate of drug-likeness (QED) is 0.412. The predicted molar refractivity (Wildman–Crippen MR) is 109 cm³/mol. The van der Waals surface area contributed by atoms with E-state index in [9.17, 15) is 18.0 Å². The number of anilines is 1. The number of halogens is 4. The second-order valence-corrected chi connectivity index (χ2v) is 7.56. The topological polar surface area (TPSA) is 102 Å². The van der Waals surface area contributed by atoms with Crippen LogP contribution < -0.4 is 15.4 Å². The molecule has 4 aromatic rings. The number of hydrogen-bond donors (Lipinski definition) is 2. The van der Waals surface area contributed by atoms with Gasteiger partial charge in [0.05, 0.1) is 16.6 Å². The average molecular weight is 464 g/mol. The van der Waals surface area contributed by atoms with E-state index in [0.29, 0.717) is 34.1 Å². The summed E-state index contributed by atoms with van der Waals surface area (Å²) in [5.74, 6) is -1.95. The average Bonchev–Trinajstić information content (AvgIpc) is 3.03. The number of pyridine rings is 1.